The molecule has 9 heteroatoms. The summed E-state index contributed by atoms with van der Waals surface area (Å²) in [7, 11) is 1.54. The summed E-state index contributed by atoms with van der Waals surface area (Å²) in [5, 5.41) is 14.2. The van der Waals surface area contributed by atoms with Gasteiger partial charge in [-0.05, 0) is 25.1 Å². The zero-order chi connectivity index (χ0) is 21.0. The molecular formula is C20H18N2O7. The van der Waals surface area contributed by atoms with E-state index in [1.807, 2.05) is 0 Å². The van der Waals surface area contributed by atoms with E-state index in [1.165, 1.54) is 31.4 Å². The summed E-state index contributed by atoms with van der Waals surface area (Å²) in [4.78, 5) is 34.9. The summed E-state index contributed by atoms with van der Waals surface area (Å²) >= 11 is 0. The molecule has 150 valence electrons. The van der Waals surface area contributed by atoms with Gasteiger partial charge in [0.2, 0.25) is 0 Å². The lowest BCUT2D eigenvalue weighted by molar-refractivity contribution is -0.383. The van der Waals surface area contributed by atoms with Gasteiger partial charge in [0.1, 0.15) is 17.0 Å². The first-order valence-corrected chi connectivity index (χ1v) is 8.67. The van der Waals surface area contributed by atoms with Crippen molar-refractivity contribution in [2.24, 2.45) is 0 Å². The van der Waals surface area contributed by atoms with Gasteiger partial charge in [-0.2, -0.15) is 0 Å². The quantitative estimate of drug-likeness (QED) is 0.367. The first-order chi connectivity index (χ1) is 13.9. The first kappa shape index (κ1) is 19.9. The largest absolute Gasteiger partial charge is 0.497 e. The highest BCUT2D eigenvalue weighted by Crippen LogP contribution is 2.26. The van der Waals surface area contributed by atoms with Crippen LogP contribution >= 0.6 is 0 Å². The van der Waals surface area contributed by atoms with Crippen molar-refractivity contribution in [2.75, 3.05) is 12.4 Å². The maximum absolute atomic E-state index is 12.3. The molecule has 3 rings (SSSR count). The molecule has 0 bridgehead atoms. The molecule has 29 heavy (non-hydrogen) atoms. The average molecular weight is 398 g/mol. The minimum atomic E-state index is -1.14. The predicted octanol–water partition coefficient (Wildman–Crippen LogP) is 3.46. The lowest BCUT2D eigenvalue weighted by Crippen LogP contribution is -2.30. The van der Waals surface area contributed by atoms with E-state index in [2.05, 4.69) is 5.32 Å². The Kier molecular flexibility index (Phi) is 5.77. The van der Waals surface area contributed by atoms with Crippen molar-refractivity contribution in [3.05, 3.63) is 64.4 Å². The third-order valence-electron chi connectivity index (χ3n) is 4.23. The number of methoxy groups -OCH3 is 1. The van der Waals surface area contributed by atoms with Crippen LogP contribution in [-0.4, -0.2) is 30.0 Å². The van der Waals surface area contributed by atoms with Gasteiger partial charge in [0.05, 0.1) is 24.7 Å². The van der Waals surface area contributed by atoms with Crippen LogP contribution in [0.25, 0.3) is 11.0 Å². The molecule has 1 N–H and O–H groups in total. The SMILES string of the molecule is COc1ccc2c(CC(=O)O[C@@H](C)C(=O)Nc3ccccc3[N+](=O)[O-])coc2c1. The molecule has 0 radical (unpaired) electrons. The van der Waals surface area contributed by atoms with Gasteiger partial charge < -0.3 is 19.2 Å². The Hall–Kier alpha value is -3.88. The van der Waals surface area contributed by atoms with Crippen LogP contribution in [0.15, 0.2) is 53.1 Å². The molecule has 1 amide bonds. The topological polar surface area (TPSA) is 121 Å². The fraction of sp³-hybridized carbons (Fsp3) is 0.200. The van der Waals surface area contributed by atoms with Crippen molar-refractivity contribution >= 4 is 34.2 Å². The predicted molar refractivity (Wildman–Crippen MR) is 104 cm³/mol. The summed E-state index contributed by atoms with van der Waals surface area (Å²) < 4.78 is 15.7. The van der Waals surface area contributed by atoms with E-state index in [1.54, 1.807) is 31.4 Å². The molecule has 0 unspecified atom stereocenters. The number of esters is 1. The van der Waals surface area contributed by atoms with Crippen LogP contribution in [0.4, 0.5) is 11.4 Å². The molecule has 2 aromatic carbocycles. The summed E-state index contributed by atoms with van der Waals surface area (Å²) in [5.74, 6) is -0.676. The zero-order valence-electron chi connectivity index (χ0n) is 15.7. The van der Waals surface area contributed by atoms with Crippen molar-refractivity contribution in [3.8, 4) is 5.75 Å². The van der Waals surface area contributed by atoms with Crippen molar-refractivity contribution in [1.82, 2.24) is 0 Å². The average Bonchev–Trinajstić information content (AvgIpc) is 3.09. The van der Waals surface area contributed by atoms with Gasteiger partial charge in [0.15, 0.2) is 6.10 Å². The number of nitro benzene ring substituents is 1. The van der Waals surface area contributed by atoms with Gasteiger partial charge in [-0.3, -0.25) is 19.7 Å². The molecule has 0 fully saturated rings. The summed E-state index contributed by atoms with van der Waals surface area (Å²) in [6.07, 6.45) is 0.215. The number of nitro groups is 1. The van der Waals surface area contributed by atoms with Crippen LogP contribution in [0.1, 0.15) is 12.5 Å². The Balaban J connectivity index is 1.63. The molecule has 0 spiro atoms. The maximum Gasteiger partial charge on any atom is 0.311 e. The van der Waals surface area contributed by atoms with E-state index in [4.69, 9.17) is 13.9 Å². The van der Waals surface area contributed by atoms with Crippen molar-refractivity contribution in [2.45, 2.75) is 19.4 Å². The Bertz CT molecular complexity index is 1070. The smallest absolute Gasteiger partial charge is 0.311 e. The molecule has 0 aliphatic heterocycles. The lowest BCUT2D eigenvalue weighted by Gasteiger charge is -2.13. The Morgan fingerprint density at radius 3 is 2.72 bits per heavy atom. The molecule has 0 aliphatic rings. The molecular weight excluding hydrogens is 380 g/mol. The number of anilines is 1. The van der Waals surface area contributed by atoms with Crippen molar-refractivity contribution in [3.63, 3.8) is 0 Å². The zero-order valence-corrected chi connectivity index (χ0v) is 15.7. The Morgan fingerprint density at radius 1 is 1.24 bits per heavy atom. The lowest BCUT2D eigenvalue weighted by atomic mass is 10.1. The summed E-state index contributed by atoms with van der Waals surface area (Å²) in [6.45, 7) is 1.39. The van der Waals surface area contributed by atoms with Gasteiger partial charge >= 0.3 is 5.97 Å². The minimum Gasteiger partial charge on any atom is -0.497 e. The van der Waals surface area contributed by atoms with Crippen LogP contribution in [0, 0.1) is 10.1 Å². The van der Waals surface area contributed by atoms with Gasteiger partial charge in [-0.15, -0.1) is 0 Å². The number of nitrogens with zero attached hydrogens (tertiary/aromatic N) is 1. The van der Waals surface area contributed by atoms with Crippen LogP contribution in [0.5, 0.6) is 5.75 Å². The van der Waals surface area contributed by atoms with Crippen molar-refractivity contribution in [1.29, 1.82) is 0 Å². The van der Waals surface area contributed by atoms with Crippen LogP contribution in [-0.2, 0) is 20.7 Å². The number of para-hydroxylation sites is 2. The molecule has 9 nitrogen and oxygen atoms in total. The standard InChI is InChI=1S/C20H18N2O7/c1-12(20(24)21-16-5-3-4-6-17(16)22(25)26)29-19(23)9-13-11-28-18-10-14(27-2)7-8-15(13)18/h3-8,10-12H,9H2,1-2H3,(H,21,24)/t12-/m0/s1. The third kappa shape index (κ3) is 4.52. The first-order valence-electron chi connectivity index (χ1n) is 8.67. The number of amides is 1. The molecule has 3 aromatic rings. The summed E-state index contributed by atoms with van der Waals surface area (Å²) in [5.41, 5.74) is 0.952. The van der Waals surface area contributed by atoms with E-state index in [0.29, 0.717) is 16.9 Å². The fourth-order valence-electron chi connectivity index (χ4n) is 2.75. The molecule has 1 heterocycles. The second kappa shape index (κ2) is 8.42. The normalized spacial score (nSPS) is 11.7. The van der Waals surface area contributed by atoms with E-state index < -0.39 is 22.9 Å². The number of furan rings is 1. The number of hydrogen-bond acceptors (Lipinski definition) is 7. The van der Waals surface area contributed by atoms with E-state index in [-0.39, 0.29) is 17.8 Å². The minimum absolute atomic E-state index is 0.0279. The van der Waals surface area contributed by atoms with E-state index in [9.17, 15) is 19.7 Å². The number of hydrogen-bond donors (Lipinski definition) is 1. The molecule has 1 atom stereocenters. The molecule has 1 aromatic heterocycles. The molecule has 0 saturated heterocycles. The molecule has 0 saturated carbocycles. The number of benzene rings is 2. The van der Waals surface area contributed by atoms with Gasteiger partial charge in [0.25, 0.3) is 11.6 Å². The number of ether oxygens (including phenoxy) is 2. The Labute approximate surface area is 165 Å². The number of fused-ring (bicyclic) bond motifs is 1. The van der Waals surface area contributed by atoms with Gasteiger partial charge in [-0.1, -0.05) is 12.1 Å². The molecule has 0 aliphatic carbocycles. The monoisotopic (exact) mass is 398 g/mol. The highest BCUT2D eigenvalue weighted by Gasteiger charge is 2.22. The van der Waals surface area contributed by atoms with E-state index in [0.717, 1.165) is 5.39 Å². The highest BCUT2D eigenvalue weighted by atomic mass is 16.6. The number of carbonyl (C=O) groups is 2. The second-order valence-electron chi connectivity index (χ2n) is 6.20. The van der Waals surface area contributed by atoms with Crippen LogP contribution in [0.3, 0.4) is 0 Å². The number of nitrogens with one attached hydrogen (secondary N) is 1. The third-order valence-corrected chi connectivity index (χ3v) is 4.23. The Morgan fingerprint density at radius 2 is 2.00 bits per heavy atom. The van der Waals surface area contributed by atoms with Crippen LogP contribution in [0.2, 0.25) is 0 Å². The number of rotatable bonds is 7. The number of carbonyl (C=O) groups excluding carboxylic acids is 2. The fourth-order valence-corrected chi connectivity index (χ4v) is 2.75. The van der Waals surface area contributed by atoms with Gasteiger partial charge in [0, 0.05) is 23.1 Å². The maximum atomic E-state index is 12.3. The second-order valence-corrected chi connectivity index (χ2v) is 6.20. The van der Waals surface area contributed by atoms with Gasteiger partial charge in [-0.25, -0.2) is 0 Å². The highest BCUT2D eigenvalue weighted by molar-refractivity contribution is 5.97. The van der Waals surface area contributed by atoms with E-state index >= 15 is 0 Å². The van der Waals surface area contributed by atoms with Crippen LogP contribution < -0.4 is 10.1 Å². The summed E-state index contributed by atoms with van der Waals surface area (Å²) in [6, 6.07) is 10.9. The van der Waals surface area contributed by atoms with Crippen molar-refractivity contribution < 1.29 is 28.4 Å².